The van der Waals surface area contributed by atoms with Crippen LogP contribution in [0.2, 0.25) is 0 Å². The van der Waals surface area contributed by atoms with Gasteiger partial charge >= 0.3 is 12.1 Å². The van der Waals surface area contributed by atoms with Gasteiger partial charge in [0.2, 0.25) is 11.5 Å². The number of hydrogen-bond donors (Lipinski definition) is 2. The molecule has 0 aromatic heterocycles. The third kappa shape index (κ3) is 4.02. The van der Waals surface area contributed by atoms with Gasteiger partial charge in [-0.3, -0.25) is 9.59 Å². The maximum absolute atomic E-state index is 14.0. The quantitative estimate of drug-likeness (QED) is 0.638. The van der Waals surface area contributed by atoms with Gasteiger partial charge in [-0.05, 0) is 61.1 Å². The van der Waals surface area contributed by atoms with Gasteiger partial charge in [0, 0.05) is 36.8 Å². The van der Waals surface area contributed by atoms with Crippen molar-refractivity contribution >= 4 is 29.6 Å². The van der Waals surface area contributed by atoms with Crippen LogP contribution in [0.4, 0.5) is 19.7 Å². The summed E-state index contributed by atoms with van der Waals surface area (Å²) in [4.78, 5) is 54.3. The van der Waals surface area contributed by atoms with Gasteiger partial charge in [-0.1, -0.05) is 6.07 Å². The summed E-state index contributed by atoms with van der Waals surface area (Å²) in [6.45, 7) is -0.0879. The van der Waals surface area contributed by atoms with Gasteiger partial charge in [0.15, 0.2) is 0 Å². The number of urea groups is 1. The number of nitrogens with zero attached hydrogens (tertiary/aromatic N) is 2. The van der Waals surface area contributed by atoms with Crippen molar-refractivity contribution < 1.29 is 33.0 Å². The fraction of sp³-hybridized carbons (Fsp3) is 0.407. The molecule has 2 fully saturated rings. The number of carbonyl (C=O) groups excluding carboxylic acids is 4. The Bertz CT molecular complexity index is 1360. The number of fused-ring (bicyclic) bond motifs is 3. The SMILES string of the molecule is CNC(=O)Nc1ccc2c(c1)CC[C@]21OC(=O)N(CC(=O)N2Cc3cc(F)ccc3OC[C@@H]2C2CC2)C1=O. The Kier molecular flexibility index (Phi) is 5.73. The number of halogens is 1. The number of benzene rings is 2. The summed E-state index contributed by atoms with van der Waals surface area (Å²) in [6, 6.07) is 8.67. The van der Waals surface area contributed by atoms with Crippen LogP contribution in [0.25, 0.3) is 0 Å². The third-order valence-corrected chi connectivity index (χ3v) is 7.80. The number of aryl methyl sites for hydroxylation is 1. The minimum absolute atomic E-state index is 0.124. The highest BCUT2D eigenvalue weighted by atomic mass is 19.1. The molecule has 2 heterocycles. The molecule has 5 amide bonds. The maximum Gasteiger partial charge on any atom is 0.418 e. The smallest absolute Gasteiger partial charge is 0.418 e. The van der Waals surface area contributed by atoms with E-state index < -0.39 is 35.9 Å². The summed E-state index contributed by atoms with van der Waals surface area (Å²) in [5, 5.41) is 5.17. The van der Waals surface area contributed by atoms with Crippen LogP contribution in [0.1, 0.15) is 36.0 Å². The lowest BCUT2D eigenvalue weighted by atomic mass is 9.94. The van der Waals surface area contributed by atoms with Gasteiger partial charge in [-0.15, -0.1) is 0 Å². The Balaban J connectivity index is 1.23. The Morgan fingerprint density at radius 3 is 2.71 bits per heavy atom. The number of imide groups is 1. The fourth-order valence-corrected chi connectivity index (χ4v) is 5.67. The molecule has 2 aliphatic heterocycles. The van der Waals surface area contributed by atoms with E-state index >= 15 is 0 Å². The van der Waals surface area contributed by atoms with E-state index in [1.807, 2.05) is 0 Å². The number of rotatable bonds is 4. The first-order valence-electron chi connectivity index (χ1n) is 12.7. The molecule has 10 nitrogen and oxygen atoms in total. The molecule has 2 aromatic rings. The van der Waals surface area contributed by atoms with Gasteiger partial charge in [0.25, 0.3) is 5.91 Å². The predicted molar refractivity (Wildman–Crippen MR) is 132 cm³/mol. The second-order valence-electron chi connectivity index (χ2n) is 10.2. The molecule has 0 bridgehead atoms. The summed E-state index contributed by atoms with van der Waals surface area (Å²) >= 11 is 0. The first-order chi connectivity index (χ1) is 18.3. The van der Waals surface area contributed by atoms with Crippen molar-refractivity contribution in [2.45, 2.75) is 43.9 Å². The maximum atomic E-state index is 14.0. The highest BCUT2D eigenvalue weighted by molar-refractivity contribution is 6.06. The zero-order valence-corrected chi connectivity index (χ0v) is 20.8. The van der Waals surface area contributed by atoms with E-state index in [9.17, 15) is 23.6 Å². The zero-order valence-electron chi connectivity index (χ0n) is 20.8. The van der Waals surface area contributed by atoms with Crippen molar-refractivity contribution in [1.29, 1.82) is 0 Å². The minimum Gasteiger partial charge on any atom is -0.491 e. The Morgan fingerprint density at radius 2 is 1.95 bits per heavy atom. The molecular formula is C27H27FN4O6. The molecule has 198 valence electrons. The number of anilines is 1. The second-order valence-corrected chi connectivity index (χ2v) is 10.2. The lowest BCUT2D eigenvalue weighted by Gasteiger charge is -2.30. The van der Waals surface area contributed by atoms with Crippen LogP contribution in [0.5, 0.6) is 5.75 Å². The van der Waals surface area contributed by atoms with E-state index in [2.05, 4.69) is 10.6 Å². The van der Waals surface area contributed by atoms with Gasteiger partial charge < -0.3 is 25.0 Å². The van der Waals surface area contributed by atoms with E-state index in [1.165, 1.54) is 19.2 Å². The summed E-state index contributed by atoms with van der Waals surface area (Å²) in [5.41, 5.74) is 0.933. The molecular weight excluding hydrogens is 495 g/mol. The van der Waals surface area contributed by atoms with Crippen molar-refractivity contribution in [2.24, 2.45) is 5.92 Å². The summed E-state index contributed by atoms with van der Waals surface area (Å²) in [7, 11) is 1.51. The number of ether oxygens (including phenoxy) is 2. The summed E-state index contributed by atoms with van der Waals surface area (Å²) in [5.74, 6) is -0.658. The monoisotopic (exact) mass is 522 g/mol. The number of carbonyl (C=O) groups is 4. The van der Waals surface area contributed by atoms with Gasteiger partial charge in [0.05, 0.1) is 6.04 Å². The summed E-state index contributed by atoms with van der Waals surface area (Å²) < 4.78 is 25.5. The molecule has 1 saturated carbocycles. The van der Waals surface area contributed by atoms with Gasteiger partial charge in [-0.25, -0.2) is 18.9 Å². The average Bonchev–Trinajstić information content (AvgIpc) is 3.66. The predicted octanol–water partition coefficient (Wildman–Crippen LogP) is 2.90. The number of hydrogen-bond acceptors (Lipinski definition) is 6. The van der Waals surface area contributed by atoms with Crippen molar-refractivity contribution in [3.05, 3.63) is 58.9 Å². The van der Waals surface area contributed by atoms with E-state index in [1.54, 1.807) is 29.2 Å². The topological polar surface area (TPSA) is 117 Å². The van der Waals surface area contributed by atoms with Crippen LogP contribution in [-0.4, -0.2) is 60.0 Å². The fourth-order valence-electron chi connectivity index (χ4n) is 5.67. The molecule has 38 heavy (non-hydrogen) atoms. The molecule has 0 unspecified atom stereocenters. The van der Waals surface area contributed by atoms with E-state index in [-0.39, 0.29) is 37.6 Å². The zero-order chi connectivity index (χ0) is 26.6. The molecule has 11 heteroatoms. The second kappa shape index (κ2) is 9.00. The van der Waals surface area contributed by atoms with Crippen LogP contribution in [0, 0.1) is 11.7 Å². The molecule has 4 aliphatic rings. The molecule has 2 N–H and O–H groups in total. The Morgan fingerprint density at radius 1 is 1.13 bits per heavy atom. The van der Waals surface area contributed by atoms with Gasteiger partial charge in [-0.2, -0.15) is 0 Å². The molecule has 2 atom stereocenters. The van der Waals surface area contributed by atoms with Crippen LogP contribution >= 0.6 is 0 Å². The highest BCUT2D eigenvalue weighted by Crippen LogP contribution is 2.46. The van der Waals surface area contributed by atoms with Crippen LogP contribution < -0.4 is 15.4 Å². The standard InChI is InChI=1S/C27H27FN4O6/c1-29-25(35)30-19-5-6-20-16(11-19)8-9-27(20)24(34)32(26(36)38-27)13-23(33)31-12-17-10-18(28)4-7-22(17)37-14-21(31)15-2-3-15/h4-7,10-11,15,21H,2-3,8-9,12-14H2,1H3,(H2,29,30,35)/t21-,27+/m1/s1. The van der Waals surface area contributed by atoms with Crippen LogP contribution in [-0.2, 0) is 32.9 Å². The largest absolute Gasteiger partial charge is 0.491 e. The normalized spacial score (nSPS) is 23.9. The van der Waals surface area contributed by atoms with Crippen molar-refractivity contribution in [3.8, 4) is 5.75 Å². The molecule has 1 spiro atoms. The van der Waals surface area contributed by atoms with E-state index in [0.29, 0.717) is 29.0 Å². The van der Waals surface area contributed by atoms with Crippen molar-refractivity contribution in [2.75, 3.05) is 25.5 Å². The Labute approximate surface area is 218 Å². The average molecular weight is 523 g/mol. The molecule has 2 aromatic carbocycles. The molecule has 1 saturated heterocycles. The lowest BCUT2D eigenvalue weighted by Crippen LogP contribution is -2.49. The van der Waals surface area contributed by atoms with E-state index in [0.717, 1.165) is 23.3 Å². The number of nitrogens with one attached hydrogen (secondary N) is 2. The Hall–Kier alpha value is -4.15. The highest BCUT2D eigenvalue weighted by Gasteiger charge is 2.58. The number of amides is 5. The third-order valence-electron chi connectivity index (χ3n) is 7.80. The first kappa shape index (κ1) is 24.2. The summed E-state index contributed by atoms with van der Waals surface area (Å²) in [6.07, 6.45) is 1.74. The molecule has 6 rings (SSSR count). The van der Waals surface area contributed by atoms with Crippen LogP contribution in [0.15, 0.2) is 36.4 Å². The first-order valence-corrected chi connectivity index (χ1v) is 12.7. The lowest BCUT2D eigenvalue weighted by molar-refractivity contribution is -0.143. The van der Waals surface area contributed by atoms with Crippen LogP contribution in [0.3, 0.4) is 0 Å². The molecule has 0 radical (unpaired) electrons. The van der Waals surface area contributed by atoms with Gasteiger partial charge in [0.1, 0.15) is 24.7 Å². The van der Waals surface area contributed by atoms with Crippen molar-refractivity contribution in [1.82, 2.24) is 15.1 Å². The van der Waals surface area contributed by atoms with Crippen molar-refractivity contribution in [3.63, 3.8) is 0 Å². The molecule has 2 aliphatic carbocycles. The minimum atomic E-state index is -1.49. The van der Waals surface area contributed by atoms with E-state index in [4.69, 9.17) is 9.47 Å².